The summed E-state index contributed by atoms with van der Waals surface area (Å²) in [5.74, 6) is 0.812. The summed E-state index contributed by atoms with van der Waals surface area (Å²) < 4.78 is 0. The minimum Gasteiger partial charge on any atom is -0.385 e. The van der Waals surface area contributed by atoms with Crippen LogP contribution in [0, 0.1) is 11.8 Å². The molecule has 0 aromatic heterocycles. The lowest BCUT2D eigenvalue weighted by Gasteiger charge is -2.50. The second-order valence-corrected chi connectivity index (χ2v) is 9.34. The van der Waals surface area contributed by atoms with E-state index in [1.54, 1.807) is 0 Å². The molecule has 6 atom stereocenters. The molecule has 2 saturated carbocycles. The van der Waals surface area contributed by atoms with Crippen LogP contribution in [0.25, 0.3) is 0 Å². The van der Waals surface area contributed by atoms with Crippen LogP contribution in [-0.2, 0) is 0 Å². The maximum absolute atomic E-state index is 11.9. The van der Waals surface area contributed by atoms with Crippen LogP contribution in [0.3, 0.4) is 0 Å². The van der Waals surface area contributed by atoms with E-state index in [2.05, 4.69) is 16.8 Å². The van der Waals surface area contributed by atoms with E-state index in [-0.39, 0.29) is 23.3 Å². The minimum atomic E-state index is -0.952. The highest BCUT2D eigenvalue weighted by Gasteiger charge is 2.58. The van der Waals surface area contributed by atoms with Gasteiger partial charge in [-0.2, -0.15) is 0 Å². The van der Waals surface area contributed by atoms with Crippen LogP contribution in [0.2, 0.25) is 0 Å². The molecule has 0 amide bonds. The van der Waals surface area contributed by atoms with E-state index in [0.717, 1.165) is 51.9 Å². The summed E-state index contributed by atoms with van der Waals surface area (Å²) in [6, 6.07) is 0.603. The Hall–Kier alpha value is -0.360. The first-order chi connectivity index (χ1) is 12.0. The normalized spacial score (nSPS) is 46.7. The largest absolute Gasteiger partial charge is 0.385 e. The fourth-order valence-electron chi connectivity index (χ4n) is 5.88. The van der Waals surface area contributed by atoms with Crippen molar-refractivity contribution >= 4 is 17.4 Å². The highest BCUT2D eigenvalue weighted by molar-refractivity contribution is 6.20. The van der Waals surface area contributed by atoms with Crippen molar-refractivity contribution in [3.05, 3.63) is 0 Å². The van der Waals surface area contributed by atoms with Gasteiger partial charge in [-0.1, -0.05) is 12.8 Å². The molecule has 3 N–H and O–H groups in total. The Morgan fingerprint density at radius 1 is 1.08 bits per heavy atom. The summed E-state index contributed by atoms with van der Waals surface area (Å²) in [5.41, 5.74) is 5.44. The topological polar surface area (TPSA) is 65.1 Å². The number of likely N-dealkylation sites (N-methyl/N-ethyl adjacent to an activating group) is 1. The second kappa shape index (κ2) is 6.99. The zero-order valence-corrected chi connectivity index (χ0v) is 16.2. The Morgan fingerprint density at radius 2 is 1.80 bits per heavy atom. The number of halogens is 1. The zero-order valence-electron chi connectivity index (χ0n) is 15.4. The highest BCUT2D eigenvalue weighted by Crippen LogP contribution is 2.49. The number of alkyl halides is 1. The first kappa shape index (κ1) is 18.0. The monoisotopic (exact) mass is 368 g/mol. The molecule has 0 spiro atoms. The van der Waals surface area contributed by atoms with Crippen molar-refractivity contribution < 1.29 is 5.11 Å². The zero-order chi connectivity index (χ0) is 17.6. The van der Waals surface area contributed by atoms with E-state index in [0.29, 0.717) is 11.9 Å². The van der Waals surface area contributed by atoms with Crippen molar-refractivity contribution in [2.45, 2.75) is 68.0 Å². The van der Waals surface area contributed by atoms with Crippen LogP contribution in [0.5, 0.6) is 0 Å². The van der Waals surface area contributed by atoms with E-state index in [4.69, 9.17) is 22.3 Å². The van der Waals surface area contributed by atoms with Crippen LogP contribution in [-0.4, -0.2) is 77.0 Å². The average molecular weight is 369 g/mol. The quantitative estimate of drug-likeness (QED) is 0.728. The number of hydrogen-bond acceptors (Lipinski definition) is 5. The van der Waals surface area contributed by atoms with Crippen molar-refractivity contribution in [2.75, 3.05) is 33.2 Å². The molecule has 2 aliphatic heterocycles. The lowest BCUT2D eigenvalue weighted by Crippen LogP contribution is -2.63. The standard InChI is InChI=1S/C19H33ClN4O/c1-23-8-10-24(11-9-23)17-5-3-2-4-14(17)19(25)15-12-13(20)6-7-16(15)22-18(19)21/h13-17,25H,2-12H2,1H3,(H2,21,22). The van der Waals surface area contributed by atoms with Crippen LogP contribution < -0.4 is 5.73 Å². The summed E-state index contributed by atoms with van der Waals surface area (Å²) in [6.45, 7) is 4.41. The smallest absolute Gasteiger partial charge is 0.130 e. The van der Waals surface area contributed by atoms with Gasteiger partial charge >= 0.3 is 0 Å². The van der Waals surface area contributed by atoms with Gasteiger partial charge in [0.05, 0.1) is 6.04 Å². The van der Waals surface area contributed by atoms with E-state index in [9.17, 15) is 5.11 Å². The third kappa shape index (κ3) is 3.11. The molecule has 25 heavy (non-hydrogen) atoms. The molecular weight excluding hydrogens is 336 g/mol. The van der Waals surface area contributed by atoms with E-state index in [1.165, 1.54) is 19.3 Å². The first-order valence-electron chi connectivity index (χ1n) is 10.1. The Balaban J connectivity index is 1.59. The number of aliphatic imine (C=N–C) groups is 1. The third-order valence-corrected chi connectivity index (χ3v) is 7.73. The Morgan fingerprint density at radius 3 is 2.56 bits per heavy atom. The minimum absolute atomic E-state index is 0.113. The molecule has 0 aromatic rings. The molecule has 6 unspecified atom stereocenters. The van der Waals surface area contributed by atoms with Crippen molar-refractivity contribution in [3.8, 4) is 0 Å². The summed E-state index contributed by atoms with van der Waals surface area (Å²) >= 11 is 6.48. The number of amidine groups is 1. The van der Waals surface area contributed by atoms with Crippen molar-refractivity contribution in [2.24, 2.45) is 22.6 Å². The van der Waals surface area contributed by atoms with Gasteiger partial charge in [-0.25, -0.2) is 0 Å². The van der Waals surface area contributed by atoms with Crippen molar-refractivity contribution in [1.82, 2.24) is 9.80 Å². The number of fused-ring (bicyclic) bond motifs is 1. The first-order valence-corrected chi connectivity index (χ1v) is 10.6. The van der Waals surface area contributed by atoms with Gasteiger partial charge in [0.25, 0.3) is 0 Å². The van der Waals surface area contributed by atoms with Crippen LogP contribution in [0.1, 0.15) is 44.9 Å². The number of rotatable bonds is 2. The number of nitrogens with zero attached hydrogens (tertiary/aromatic N) is 3. The van der Waals surface area contributed by atoms with Gasteiger partial charge < -0.3 is 15.7 Å². The summed E-state index contributed by atoms with van der Waals surface area (Å²) in [7, 11) is 2.19. The number of aliphatic hydroxyl groups is 1. The number of nitrogens with two attached hydrogens (primary N) is 1. The summed E-state index contributed by atoms with van der Waals surface area (Å²) in [6.07, 6.45) is 7.47. The lowest BCUT2D eigenvalue weighted by molar-refractivity contribution is -0.0710. The van der Waals surface area contributed by atoms with Crippen molar-refractivity contribution in [1.29, 1.82) is 0 Å². The summed E-state index contributed by atoms with van der Waals surface area (Å²) in [4.78, 5) is 9.73. The molecule has 2 aliphatic carbocycles. The highest BCUT2D eigenvalue weighted by atomic mass is 35.5. The fourth-order valence-corrected chi connectivity index (χ4v) is 6.20. The molecule has 5 nitrogen and oxygen atoms in total. The van der Waals surface area contributed by atoms with E-state index >= 15 is 0 Å². The van der Waals surface area contributed by atoms with Crippen LogP contribution >= 0.6 is 11.6 Å². The van der Waals surface area contributed by atoms with Crippen molar-refractivity contribution in [3.63, 3.8) is 0 Å². The van der Waals surface area contributed by atoms with E-state index < -0.39 is 5.60 Å². The molecule has 0 aromatic carbocycles. The maximum Gasteiger partial charge on any atom is 0.130 e. The van der Waals surface area contributed by atoms with Crippen LogP contribution in [0.4, 0.5) is 0 Å². The molecule has 142 valence electrons. The molecule has 1 saturated heterocycles. The average Bonchev–Trinajstić information content (AvgIpc) is 2.87. The molecule has 4 aliphatic rings. The van der Waals surface area contributed by atoms with Gasteiger partial charge in [0.15, 0.2) is 0 Å². The number of hydrogen-bond donors (Lipinski definition) is 2. The van der Waals surface area contributed by atoms with Gasteiger partial charge in [-0.05, 0) is 39.2 Å². The molecule has 0 bridgehead atoms. The Labute approximate surface area is 156 Å². The molecular formula is C19H33ClN4O. The number of piperazine rings is 1. The van der Waals surface area contributed by atoms with Gasteiger partial charge in [0.2, 0.25) is 0 Å². The molecule has 4 rings (SSSR count). The molecule has 6 heteroatoms. The molecule has 0 radical (unpaired) electrons. The molecule has 2 heterocycles. The SMILES string of the molecule is CN1CCN(C2CCCCC2C2(O)C(N)=NC3CCC(Cl)CC32)CC1. The van der Waals surface area contributed by atoms with Crippen LogP contribution in [0.15, 0.2) is 4.99 Å². The van der Waals surface area contributed by atoms with Gasteiger partial charge in [-0.3, -0.25) is 9.89 Å². The second-order valence-electron chi connectivity index (χ2n) is 8.72. The molecule has 3 fully saturated rings. The Bertz CT molecular complexity index is 522. The predicted octanol–water partition coefficient (Wildman–Crippen LogP) is 1.67. The Kier molecular flexibility index (Phi) is 5.04. The van der Waals surface area contributed by atoms with Gasteiger partial charge in [0.1, 0.15) is 11.4 Å². The lowest BCUT2D eigenvalue weighted by atomic mass is 9.64. The van der Waals surface area contributed by atoms with Gasteiger partial charge in [0, 0.05) is 49.4 Å². The van der Waals surface area contributed by atoms with Gasteiger partial charge in [-0.15, -0.1) is 11.6 Å². The maximum atomic E-state index is 11.9. The third-order valence-electron chi connectivity index (χ3n) is 7.33. The summed E-state index contributed by atoms with van der Waals surface area (Å²) in [5, 5.41) is 12.1. The fraction of sp³-hybridized carbons (Fsp3) is 0.947. The predicted molar refractivity (Wildman–Crippen MR) is 102 cm³/mol. The van der Waals surface area contributed by atoms with E-state index in [1.807, 2.05) is 0 Å².